The monoisotopic (exact) mass is 585 g/mol. The van der Waals surface area contributed by atoms with E-state index < -0.39 is 34.4 Å². The van der Waals surface area contributed by atoms with Crippen LogP contribution in [0.4, 0.5) is 22.0 Å². The molecule has 1 unspecified atom stereocenters. The fourth-order valence-corrected chi connectivity index (χ4v) is 8.01. The van der Waals surface area contributed by atoms with Crippen molar-refractivity contribution in [2.24, 2.45) is 5.73 Å². The first kappa shape index (κ1) is 29.3. The molecule has 10 nitrogen and oxygen atoms in total. The van der Waals surface area contributed by atoms with E-state index in [1.54, 1.807) is 4.31 Å². The molecule has 2 bridgehead atoms. The number of nitrogens with zero attached hydrogens (tertiary/aromatic N) is 1. The number of nitrogens with two attached hydrogens (primary N) is 1. The first-order valence-electron chi connectivity index (χ1n) is 12.4. The number of amides is 1. The normalized spacial score (nSPS) is 29.7. The van der Waals surface area contributed by atoms with Crippen molar-refractivity contribution < 1.29 is 54.5 Å². The maximum Gasteiger partial charge on any atom is 0.586 e. The van der Waals surface area contributed by atoms with E-state index >= 15 is 0 Å². The molecular formula is C23H28F5N3O7S. The van der Waals surface area contributed by atoms with Crippen LogP contribution in [0.25, 0.3) is 0 Å². The Balaban J connectivity index is 0.000000448. The van der Waals surface area contributed by atoms with Crippen molar-refractivity contribution >= 4 is 21.9 Å². The van der Waals surface area contributed by atoms with Gasteiger partial charge in [0.25, 0.3) is 5.91 Å². The molecule has 3 aliphatic heterocycles. The first-order chi connectivity index (χ1) is 18.1. The quantitative estimate of drug-likeness (QED) is 0.457. The molecular weight excluding hydrogens is 557 g/mol. The molecule has 2 saturated heterocycles. The number of alkyl halides is 5. The number of aliphatic carboxylic acids is 1. The van der Waals surface area contributed by atoms with Gasteiger partial charge < -0.3 is 25.6 Å². The summed E-state index contributed by atoms with van der Waals surface area (Å²) < 4.78 is 95.3. The SMILES string of the molecule is NC1CCC(S(=O)(=O)N2[C@@H]3CC[C@H]2CC(NC(=O)c2ccc4c(c2)OC(F)(F)O4)C3)CC1.O=C(O)C(F)(F)F. The molecule has 0 spiro atoms. The number of carbonyl (C=O) groups is 2. The fraction of sp³-hybridized carbons (Fsp3) is 0.652. The summed E-state index contributed by atoms with van der Waals surface area (Å²) in [7, 11) is -3.40. The summed E-state index contributed by atoms with van der Waals surface area (Å²) in [4.78, 5) is 21.6. The lowest BCUT2D eigenvalue weighted by molar-refractivity contribution is -0.286. The molecule has 1 amide bonds. The Bertz CT molecular complexity index is 1190. The number of carboxylic acid groups (broad SMARTS) is 1. The minimum absolute atomic E-state index is 0.0847. The standard InChI is InChI=1S/C21H27F2N3O5S.C2HF3O2/c22-21(23)30-18-8-1-12(9-19(18)31-21)20(27)25-14-10-15-4-5-16(11-14)26(15)32(28,29)17-6-2-13(24)3-7-17;3-2(4,5)1(6)7/h1,8-9,13-17H,2-7,10-11,24H2,(H,25,27);(H,6,7)/t13?,14?,15-,16+,17?;. The predicted molar refractivity (Wildman–Crippen MR) is 125 cm³/mol. The van der Waals surface area contributed by atoms with Crippen molar-refractivity contribution in [3.8, 4) is 11.5 Å². The lowest BCUT2D eigenvalue weighted by Gasteiger charge is -2.41. The largest absolute Gasteiger partial charge is 0.586 e. The highest BCUT2D eigenvalue weighted by Gasteiger charge is 2.49. The molecule has 39 heavy (non-hydrogen) atoms. The third-order valence-corrected chi connectivity index (χ3v) is 9.84. The van der Waals surface area contributed by atoms with Gasteiger partial charge in [0.15, 0.2) is 11.5 Å². The third-order valence-electron chi connectivity index (χ3n) is 7.34. The van der Waals surface area contributed by atoms with E-state index in [-0.39, 0.29) is 46.5 Å². The van der Waals surface area contributed by atoms with Gasteiger partial charge in [-0.1, -0.05) is 0 Å². The number of piperidine rings is 1. The first-order valence-corrected chi connectivity index (χ1v) is 13.9. The zero-order chi connectivity index (χ0) is 28.8. The summed E-state index contributed by atoms with van der Waals surface area (Å²) in [6.07, 6.45) is -3.53. The number of sulfonamides is 1. The molecule has 218 valence electrons. The maximum absolute atomic E-state index is 13.3. The molecule has 1 aromatic carbocycles. The Hall–Kier alpha value is -2.72. The fourth-order valence-electron chi connectivity index (χ4n) is 5.58. The number of rotatable bonds is 4. The maximum atomic E-state index is 13.3. The van der Waals surface area contributed by atoms with E-state index in [2.05, 4.69) is 14.8 Å². The molecule has 1 saturated carbocycles. The zero-order valence-corrected chi connectivity index (χ0v) is 21.3. The van der Waals surface area contributed by atoms with Crippen molar-refractivity contribution in [3.63, 3.8) is 0 Å². The van der Waals surface area contributed by atoms with Crippen LogP contribution in [0.2, 0.25) is 0 Å². The van der Waals surface area contributed by atoms with Crippen LogP contribution in [0.3, 0.4) is 0 Å². The summed E-state index contributed by atoms with van der Waals surface area (Å²) in [5.41, 5.74) is 6.13. The van der Waals surface area contributed by atoms with Gasteiger partial charge in [0.1, 0.15) is 0 Å². The molecule has 4 aliphatic rings. The summed E-state index contributed by atoms with van der Waals surface area (Å²) >= 11 is 0. The van der Waals surface area contributed by atoms with Gasteiger partial charge in [0.05, 0.1) is 5.25 Å². The number of hydrogen-bond donors (Lipinski definition) is 3. The molecule has 3 fully saturated rings. The van der Waals surface area contributed by atoms with Crippen LogP contribution in [0.15, 0.2) is 18.2 Å². The van der Waals surface area contributed by atoms with Crippen LogP contribution >= 0.6 is 0 Å². The molecule has 5 rings (SSSR count). The summed E-state index contributed by atoms with van der Waals surface area (Å²) in [6.45, 7) is 0. The van der Waals surface area contributed by atoms with E-state index in [1.165, 1.54) is 18.2 Å². The molecule has 0 aromatic heterocycles. The van der Waals surface area contributed by atoms with Crippen LogP contribution in [0.5, 0.6) is 11.5 Å². The van der Waals surface area contributed by atoms with E-state index in [0.717, 1.165) is 25.7 Å². The minimum Gasteiger partial charge on any atom is -0.475 e. The van der Waals surface area contributed by atoms with Crippen LogP contribution in [-0.4, -0.2) is 71.6 Å². The molecule has 0 radical (unpaired) electrons. The number of carboxylic acids is 1. The van der Waals surface area contributed by atoms with Gasteiger partial charge in [-0.3, -0.25) is 4.79 Å². The van der Waals surface area contributed by atoms with Gasteiger partial charge in [-0.25, -0.2) is 13.2 Å². The van der Waals surface area contributed by atoms with E-state index in [0.29, 0.717) is 25.7 Å². The Labute approximate surface area is 220 Å². The molecule has 4 N–H and O–H groups in total. The average Bonchev–Trinajstić information content (AvgIpc) is 3.30. The Kier molecular flexibility index (Phi) is 8.02. The van der Waals surface area contributed by atoms with Crippen molar-refractivity contribution in [3.05, 3.63) is 23.8 Å². The molecule has 1 aliphatic carbocycles. The number of benzene rings is 1. The summed E-state index contributed by atoms with van der Waals surface area (Å²) in [5, 5.41) is 9.70. The smallest absolute Gasteiger partial charge is 0.475 e. The average molecular weight is 586 g/mol. The van der Waals surface area contributed by atoms with Crippen LogP contribution < -0.4 is 20.5 Å². The molecule has 16 heteroatoms. The van der Waals surface area contributed by atoms with Crippen LogP contribution in [0.1, 0.15) is 61.7 Å². The topological polar surface area (TPSA) is 148 Å². The van der Waals surface area contributed by atoms with Gasteiger partial charge in [-0.05, 0) is 69.6 Å². The Morgan fingerprint density at radius 1 is 1.00 bits per heavy atom. The Morgan fingerprint density at radius 3 is 2.08 bits per heavy atom. The predicted octanol–water partition coefficient (Wildman–Crippen LogP) is 2.97. The number of ether oxygens (including phenoxy) is 2. The highest BCUT2D eigenvalue weighted by atomic mass is 32.2. The second-order valence-electron chi connectivity index (χ2n) is 10.1. The number of halogens is 5. The molecule has 1 aromatic rings. The van der Waals surface area contributed by atoms with Crippen LogP contribution in [-0.2, 0) is 14.8 Å². The number of hydrogen-bond acceptors (Lipinski definition) is 7. The minimum atomic E-state index is -5.08. The summed E-state index contributed by atoms with van der Waals surface area (Å²) in [6, 6.07) is 3.55. The Morgan fingerprint density at radius 2 is 1.54 bits per heavy atom. The van der Waals surface area contributed by atoms with Crippen molar-refractivity contribution in [1.82, 2.24) is 9.62 Å². The van der Waals surface area contributed by atoms with Crippen molar-refractivity contribution in [2.75, 3.05) is 0 Å². The lowest BCUT2D eigenvalue weighted by Crippen LogP contribution is -2.55. The van der Waals surface area contributed by atoms with E-state index in [9.17, 15) is 35.2 Å². The number of fused-ring (bicyclic) bond motifs is 3. The van der Waals surface area contributed by atoms with Gasteiger partial charge in [0, 0.05) is 29.7 Å². The number of nitrogens with one attached hydrogen (secondary N) is 1. The molecule has 3 heterocycles. The van der Waals surface area contributed by atoms with Gasteiger partial charge in [-0.15, -0.1) is 8.78 Å². The second kappa shape index (κ2) is 10.7. The molecule has 3 atom stereocenters. The van der Waals surface area contributed by atoms with Crippen molar-refractivity contribution in [1.29, 1.82) is 0 Å². The highest BCUT2D eigenvalue weighted by molar-refractivity contribution is 7.89. The summed E-state index contributed by atoms with van der Waals surface area (Å²) in [5.74, 6) is -3.47. The van der Waals surface area contributed by atoms with Gasteiger partial charge in [0.2, 0.25) is 10.0 Å². The van der Waals surface area contributed by atoms with E-state index in [1.807, 2.05) is 0 Å². The van der Waals surface area contributed by atoms with Gasteiger partial charge in [-0.2, -0.15) is 17.5 Å². The zero-order valence-electron chi connectivity index (χ0n) is 20.5. The third kappa shape index (κ3) is 6.54. The second-order valence-corrected chi connectivity index (χ2v) is 12.2. The van der Waals surface area contributed by atoms with Crippen molar-refractivity contribution in [2.45, 2.75) is 93.3 Å². The van der Waals surface area contributed by atoms with Crippen LogP contribution in [0, 0.1) is 0 Å². The lowest BCUT2D eigenvalue weighted by atomic mass is 9.96. The van der Waals surface area contributed by atoms with Gasteiger partial charge >= 0.3 is 18.4 Å². The highest BCUT2D eigenvalue weighted by Crippen LogP contribution is 2.42. The number of carbonyl (C=O) groups excluding carboxylic acids is 1. The van der Waals surface area contributed by atoms with E-state index in [4.69, 9.17) is 15.6 Å².